The quantitative estimate of drug-likeness (QED) is 0.352. The van der Waals surface area contributed by atoms with E-state index in [1.54, 1.807) is 0 Å². The van der Waals surface area contributed by atoms with Crippen molar-refractivity contribution in [2.45, 2.75) is 18.6 Å². The van der Waals surface area contributed by atoms with Crippen molar-refractivity contribution in [2.24, 2.45) is 0 Å². The number of rotatable bonds is 6. The van der Waals surface area contributed by atoms with Gasteiger partial charge >= 0.3 is 5.97 Å². The Labute approximate surface area is 114 Å². The number of carboxylic acid groups (broad SMARTS) is 1. The second kappa shape index (κ2) is 6.50. The minimum Gasteiger partial charge on any atom is -0.478 e. The summed E-state index contributed by atoms with van der Waals surface area (Å²) in [5, 5.41) is 39.2. The summed E-state index contributed by atoms with van der Waals surface area (Å²) in [6.07, 6.45) is -2.62. The topological polar surface area (TPSA) is 121 Å². The molecular weight excluding hydrogens is 274 g/mol. The summed E-state index contributed by atoms with van der Waals surface area (Å²) in [6, 6.07) is 3.02. The van der Waals surface area contributed by atoms with E-state index < -0.39 is 23.1 Å². The second-order valence-electron chi connectivity index (χ2n) is 3.86. The van der Waals surface area contributed by atoms with E-state index in [0.717, 1.165) is 18.2 Å². The highest BCUT2D eigenvalue weighted by molar-refractivity contribution is 7.80. The van der Waals surface area contributed by atoms with E-state index in [-0.39, 0.29) is 29.0 Å². The van der Waals surface area contributed by atoms with Crippen LogP contribution in [0.1, 0.15) is 28.4 Å². The summed E-state index contributed by atoms with van der Waals surface area (Å²) in [7, 11) is 0. The normalized spacial score (nSPS) is 13.8. The van der Waals surface area contributed by atoms with Gasteiger partial charge in [-0.05, 0) is 18.2 Å². The fourth-order valence-corrected chi connectivity index (χ4v) is 1.87. The lowest BCUT2D eigenvalue weighted by Crippen LogP contribution is -2.21. The Morgan fingerprint density at radius 1 is 1.42 bits per heavy atom. The lowest BCUT2D eigenvalue weighted by atomic mass is 9.97. The molecule has 0 radical (unpaired) electrons. The van der Waals surface area contributed by atoms with Crippen LogP contribution in [0.25, 0.3) is 0 Å². The van der Waals surface area contributed by atoms with Crippen LogP contribution in [0.2, 0.25) is 0 Å². The van der Waals surface area contributed by atoms with Gasteiger partial charge in [0.1, 0.15) is 6.10 Å². The van der Waals surface area contributed by atoms with Crippen molar-refractivity contribution in [1.29, 1.82) is 0 Å². The maximum atomic E-state index is 11.0. The van der Waals surface area contributed by atoms with E-state index in [1.165, 1.54) is 0 Å². The smallest absolute Gasteiger partial charge is 0.336 e. The Bertz CT molecular complexity index is 492. The van der Waals surface area contributed by atoms with E-state index in [4.69, 9.17) is 5.11 Å². The van der Waals surface area contributed by atoms with Gasteiger partial charge < -0.3 is 15.3 Å². The van der Waals surface area contributed by atoms with Crippen LogP contribution in [-0.4, -0.2) is 38.1 Å². The van der Waals surface area contributed by atoms with Crippen LogP contribution in [0.3, 0.4) is 0 Å². The molecule has 2 unspecified atom stereocenters. The first-order valence-corrected chi connectivity index (χ1v) is 6.00. The zero-order valence-corrected chi connectivity index (χ0v) is 10.7. The molecule has 8 heteroatoms. The Hall–Kier alpha value is -1.64. The van der Waals surface area contributed by atoms with Gasteiger partial charge in [-0.25, -0.2) is 4.79 Å². The SMILES string of the molecule is O=C(O)c1ccc([N+](=O)[O-])cc1C(O)C(O)CCS. The number of carbonyl (C=O) groups is 1. The van der Waals surface area contributed by atoms with Crippen LogP contribution in [0.5, 0.6) is 0 Å². The van der Waals surface area contributed by atoms with Crippen molar-refractivity contribution in [3.8, 4) is 0 Å². The first-order valence-electron chi connectivity index (χ1n) is 5.37. The number of non-ortho nitro benzene ring substituents is 1. The molecule has 0 aliphatic rings. The van der Waals surface area contributed by atoms with Crippen LogP contribution in [-0.2, 0) is 0 Å². The van der Waals surface area contributed by atoms with Crippen molar-refractivity contribution in [3.05, 3.63) is 39.4 Å². The largest absolute Gasteiger partial charge is 0.478 e. The van der Waals surface area contributed by atoms with E-state index >= 15 is 0 Å². The molecule has 0 aliphatic heterocycles. The zero-order valence-electron chi connectivity index (χ0n) is 9.76. The average Bonchev–Trinajstić information content (AvgIpc) is 2.37. The van der Waals surface area contributed by atoms with E-state index in [0.29, 0.717) is 0 Å². The minimum absolute atomic E-state index is 0.131. The molecule has 0 bridgehead atoms. The highest BCUT2D eigenvalue weighted by Crippen LogP contribution is 2.27. The minimum atomic E-state index is -1.52. The summed E-state index contributed by atoms with van der Waals surface area (Å²) in [6.45, 7) is 0. The van der Waals surface area contributed by atoms with Crippen LogP contribution < -0.4 is 0 Å². The second-order valence-corrected chi connectivity index (χ2v) is 4.31. The van der Waals surface area contributed by atoms with Gasteiger partial charge in [-0.3, -0.25) is 10.1 Å². The molecular formula is C11H13NO6S. The lowest BCUT2D eigenvalue weighted by Gasteiger charge is -2.18. The molecule has 0 amide bonds. The number of benzene rings is 1. The molecule has 0 saturated heterocycles. The standard InChI is InChI=1S/C11H13NO6S/c13-9(3-4-19)10(14)8-5-6(12(17)18)1-2-7(8)11(15)16/h1-2,5,9-10,13-14,19H,3-4H2,(H,15,16). The number of aliphatic hydroxyl groups is 2. The summed E-state index contributed by atoms with van der Waals surface area (Å²) in [4.78, 5) is 21.0. The molecule has 0 aromatic heterocycles. The third-order valence-electron chi connectivity index (χ3n) is 2.58. The number of hydrogen-bond acceptors (Lipinski definition) is 6. The van der Waals surface area contributed by atoms with Gasteiger partial charge in [-0.1, -0.05) is 0 Å². The van der Waals surface area contributed by atoms with Gasteiger partial charge in [0.05, 0.1) is 16.6 Å². The van der Waals surface area contributed by atoms with Crippen LogP contribution in [0.4, 0.5) is 5.69 Å². The Balaban J connectivity index is 3.24. The fourth-order valence-electron chi connectivity index (χ4n) is 1.60. The van der Waals surface area contributed by atoms with Gasteiger partial charge in [-0.15, -0.1) is 0 Å². The molecule has 0 heterocycles. The number of aliphatic hydroxyl groups excluding tert-OH is 2. The Morgan fingerprint density at radius 3 is 2.53 bits per heavy atom. The maximum Gasteiger partial charge on any atom is 0.336 e. The molecule has 1 rings (SSSR count). The first kappa shape index (κ1) is 15.4. The Kier molecular flexibility index (Phi) is 5.28. The highest BCUT2D eigenvalue weighted by atomic mass is 32.1. The van der Waals surface area contributed by atoms with Crippen LogP contribution in [0.15, 0.2) is 18.2 Å². The fraction of sp³-hybridized carbons (Fsp3) is 0.364. The number of nitro groups is 1. The summed E-state index contributed by atoms with van der Waals surface area (Å²) < 4.78 is 0. The zero-order chi connectivity index (χ0) is 14.6. The first-order chi connectivity index (χ1) is 8.88. The van der Waals surface area contributed by atoms with Crippen LogP contribution in [0, 0.1) is 10.1 Å². The predicted octanol–water partition coefficient (Wildman–Crippen LogP) is 1.01. The van der Waals surface area contributed by atoms with E-state index in [9.17, 15) is 25.1 Å². The number of nitro benzene ring substituents is 1. The average molecular weight is 287 g/mol. The van der Waals surface area contributed by atoms with Gasteiger partial charge in [0.2, 0.25) is 0 Å². The van der Waals surface area contributed by atoms with Crippen molar-refractivity contribution < 1.29 is 25.0 Å². The van der Waals surface area contributed by atoms with Gasteiger partial charge in [0.15, 0.2) is 0 Å². The van der Waals surface area contributed by atoms with Crippen molar-refractivity contribution >= 4 is 24.3 Å². The van der Waals surface area contributed by atoms with E-state index in [1.807, 2.05) is 0 Å². The molecule has 19 heavy (non-hydrogen) atoms. The van der Waals surface area contributed by atoms with E-state index in [2.05, 4.69) is 12.6 Å². The molecule has 0 saturated carbocycles. The summed E-state index contributed by atoms with van der Waals surface area (Å²) in [5.41, 5.74) is -0.815. The summed E-state index contributed by atoms with van der Waals surface area (Å²) in [5.74, 6) is -1.04. The Morgan fingerprint density at radius 2 is 2.05 bits per heavy atom. The van der Waals surface area contributed by atoms with Gasteiger partial charge in [0, 0.05) is 17.7 Å². The number of hydrogen-bond donors (Lipinski definition) is 4. The molecule has 2 atom stereocenters. The predicted molar refractivity (Wildman–Crippen MR) is 69.5 cm³/mol. The lowest BCUT2D eigenvalue weighted by molar-refractivity contribution is -0.385. The van der Waals surface area contributed by atoms with Crippen molar-refractivity contribution in [3.63, 3.8) is 0 Å². The number of nitrogens with zero attached hydrogens (tertiary/aromatic N) is 1. The van der Waals surface area contributed by atoms with Crippen molar-refractivity contribution in [2.75, 3.05) is 5.75 Å². The molecule has 0 fully saturated rings. The molecule has 7 nitrogen and oxygen atoms in total. The van der Waals surface area contributed by atoms with Gasteiger partial charge in [-0.2, -0.15) is 12.6 Å². The van der Waals surface area contributed by atoms with Crippen LogP contribution >= 0.6 is 12.6 Å². The highest BCUT2D eigenvalue weighted by Gasteiger charge is 2.25. The molecule has 0 aliphatic carbocycles. The maximum absolute atomic E-state index is 11.0. The van der Waals surface area contributed by atoms with Crippen molar-refractivity contribution in [1.82, 2.24) is 0 Å². The molecule has 104 valence electrons. The molecule has 1 aromatic carbocycles. The number of aromatic carboxylic acids is 1. The molecule has 3 N–H and O–H groups in total. The summed E-state index contributed by atoms with van der Waals surface area (Å²) >= 11 is 3.89. The number of carboxylic acids is 1. The number of thiol groups is 1. The molecule has 0 spiro atoms. The third kappa shape index (κ3) is 3.66. The van der Waals surface area contributed by atoms with Gasteiger partial charge in [0.25, 0.3) is 5.69 Å². The third-order valence-corrected chi connectivity index (χ3v) is 2.84. The molecule has 1 aromatic rings. The monoisotopic (exact) mass is 287 g/mol.